The number of hydrogen-bond donors (Lipinski definition) is 3. The highest BCUT2D eigenvalue weighted by atomic mass is 35.5. The van der Waals surface area contributed by atoms with Crippen LogP contribution in [-0.4, -0.2) is 22.7 Å². The minimum atomic E-state index is 0.569. The average Bonchev–Trinajstić information content (AvgIpc) is 2.97. The standard InChI is InChI=1S/C26H32ClN5/c1-4-17-10-13-19(12-9-16(17)2)31-26-30-15-18-11-14-22(28)23(24(18)32-26)25(29-3)20-7-5-6-8-21(20)27/h5-8,13,15-17,28-29H,4,9-12,14H2,1-3H3,(H,30,31,32)/b25-23+,28-22?. The van der Waals surface area contributed by atoms with Gasteiger partial charge in [-0.2, -0.15) is 0 Å². The van der Waals surface area contributed by atoms with Crippen LogP contribution in [0.3, 0.4) is 0 Å². The highest BCUT2D eigenvalue weighted by Crippen LogP contribution is 2.35. The Hall–Kier alpha value is -2.66. The zero-order chi connectivity index (χ0) is 22.7. The highest BCUT2D eigenvalue weighted by molar-refractivity contribution is 6.35. The quantitative estimate of drug-likeness (QED) is 0.498. The maximum Gasteiger partial charge on any atom is 0.227 e. The van der Waals surface area contributed by atoms with Crippen molar-refractivity contribution in [2.24, 2.45) is 11.8 Å². The molecule has 4 rings (SSSR count). The second kappa shape index (κ2) is 9.86. The highest BCUT2D eigenvalue weighted by Gasteiger charge is 2.26. The monoisotopic (exact) mass is 449 g/mol. The molecule has 1 heterocycles. The van der Waals surface area contributed by atoms with Crippen LogP contribution in [0.2, 0.25) is 5.02 Å². The third-order valence-corrected chi connectivity index (χ3v) is 7.16. The molecule has 32 heavy (non-hydrogen) atoms. The summed E-state index contributed by atoms with van der Waals surface area (Å²) in [5, 5.41) is 16.1. The van der Waals surface area contributed by atoms with Crippen LogP contribution in [0.5, 0.6) is 0 Å². The molecule has 168 valence electrons. The maximum absolute atomic E-state index is 8.71. The first-order chi connectivity index (χ1) is 15.5. The third kappa shape index (κ3) is 4.58. The van der Waals surface area contributed by atoms with Gasteiger partial charge in [0.05, 0.1) is 11.4 Å². The van der Waals surface area contributed by atoms with E-state index in [-0.39, 0.29) is 0 Å². The number of anilines is 1. The Morgan fingerprint density at radius 3 is 2.78 bits per heavy atom. The molecule has 0 fully saturated rings. The number of hydrogen-bond acceptors (Lipinski definition) is 5. The predicted molar refractivity (Wildman–Crippen MR) is 134 cm³/mol. The second-order valence-corrected chi connectivity index (χ2v) is 9.21. The summed E-state index contributed by atoms with van der Waals surface area (Å²) in [5.41, 5.74) is 6.17. The molecule has 1 aromatic heterocycles. The minimum Gasteiger partial charge on any atom is -0.387 e. The molecule has 0 saturated heterocycles. The molecule has 0 spiro atoms. The van der Waals surface area contributed by atoms with Crippen LogP contribution in [0.1, 0.15) is 62.8 Å². The van der Waals surface area contributed by atoms with Gasteiger partial charge in [-0.25, -0.2) is 9.97 Å². The summed E-state index contributed by atoms with van der Waals surface area (Å²) in [7, 11) is 1.87. The van der Waals surface area contributed by atoms with E-state index in [0.29, 0.717) is 23.1 Å². The fourth-order valence-corrected chi connectivity index (χ4v) is 5.02. The second-order valence-electron chi connectivity index (χ2n) is 8.80. The number of aryl methyl sites for hydroxylation is 1. The van der Waals surface area contributed by atoms with Crippen molar-refractivity contribution in [3.63, 3.8) is 0 Å². The largest absolute Gasteiger partial charge is 0.387 e. The zero-order valence-electron chi connectivity index (χ0n) is 19.1. The topological polar surface area (TPSA) is 73.7 Å². The molecule has 1 aromatic carbocycles. The lowest BCUT2D eigenvalue weighted by molar-refractivity contribution is 0.339. The van der Waals surface area contributed by atoms with E-state index in [1.807, 2.05) is 37.5 Å². The van der Waals surface area contributed by atoms with Crippen LogP contribution in [0, 0.1) is 17.2 Å². The van der Waals surface area contributed by atoms with Crippen LogP contribution < -0.4 is 10.6 Å². The lowest BCUT2D eigenvalue weighted by Gasteiger charge is -2.23. The molecule has 2 aliphatic carbocycles. The van der Waals surface area contributed by atoms with E-state index >= 15 is 0 Å². The molecule has 2 unspecified atom stereocenters. The summed E-state index contributed by atoms with van der Waals surface area (Å²) < 4.78 is 0. The van der Waals surface area contributed by atoms with Gasteiger partial charge in [0.25, 0.3) is 0 Å². The molecular weight excluding hydrogens is 418 g/mol. The first-order valence-electron chi connectivity index (χ1n) is 11.6. The fourth-order valence-electron chi connectivity index (χ4n) is 4.79. The molecule has 0 saturated carbocycles. The van der Waals surface area contributed by atoms with Crippen molar-refractivity contribution >= 4 is 34.5 Å². The van der Waals surface area contributed by atoms with E-state index in [1.165, 1.54) is 18.5 Å². The lowest BCUT2D eigenvalue weighted by atomic mass is 9.87. The van der Waals surface area contributed by atoms with Crippen molar-refractivity contribution in [1.29, 1.82) is 5.41 Å². The van der Waals surface area contributed by atoms with Gasteiger partial charge in [0.15, 0.2) is 0 Å². The van der Waals surface area contributed by atoms with Crippen LogP contribution in [-0.2, 0) is 6.42 Å². The Bertz CT molecular complexity index is 1070. The molecule has 5 nitrogen and oxygen atoms in total. The smallest absolute Gasteiger partial charge is 0.227 e. The van der Waals surface area contributed by atoms with Gasteiger partial charge in [-0.15, -0.1) is 0 Å². The van der Waals surface area contributed by atoms with E-state index in [0.717, 1.165) is 59.2 Å². The molecule has 2 atom stereocenters. The van der Waals surface area contributed by atoms with Gasteiger partial charge in [0.1, 0.15) is 0 Å². The molecule has 2 aliphatic rings. The van der Waals surface area contributed by atoms with Crippen molar-refractivity contribution in [2.45, 2.75) is 52.4 Å². The maximum atomic E-state index is 8.71. The van der Waals surface area contributed by atoms with Gasteiger partial charge in [-0.3, -0.25) is 0 Å². The summed E-state index contributed by atoms with van der Waals surface area (Å²) in [5.74, 6) is 2.06. The normalized spacial score (nSPS) is 22.5. The van der Waals surface area contributed by atoms with E-state index in [2.05, 4.69) is 35.5 Å². The van der Waals surface area contributed by atoms with Crippen LogP contribution >= 0.6 is 11.6 Å². The molecule has 6 heteroatoms. The number of nitrogens with zero attached hydrogens (tertiary/aromatic N) is 2. The van der Waals surface area contributed by atoms with Gasteiger partial charge in [0.2, 0.25) is 5.95 Å². The third-order valence-electron chi connectivity index (χ3n) is 6.83. The van der Waals surface area contributed by atoms with Gasteiger partial charge < -0.3 is 16.0 Å². The number of benzene rings is 1. The van der Waals surface area contributed by atoms with Crippen LogP contribution in [0.4, 0.5) is 5.95 Å². The van der Waals surface area contributed by atoms with E-state index < -0.39 is 0 Å². The zero-order valence-corrected chi connectivity index (χ0v) is 19.9. The number of rotatable bonds is 5. The summed E-state index contributed by atoms with van der Waals surface area (Å²) in [6.45, 7) is 4.64. The Balaban J connectivity index is 1.72. The summed E-state index contributed by atoms with van der Waals surface area (Å²) in [6, 6.07) is 7.73. The number of allylic oxidation sites excluding steroid dienone is 3. The molecule has 0 aliphatic heterocycles. The van der Waals surface area contributed by atoms with Gasteiger partial charge >= 0.3 is 0 Å². The van der Waals surface area contributed by atoms with Gasteiger partial charge in [0, 0.05) is 40.8 Å². The summed E-state index contributed by atoms with van der Waals surface area (Å²) in [6.07, 6.45) is 10.2. The van der Waals surface area contributed by atoms with Crippen molar-refractivity contribution in [3.05, 3.63) is 64.1 Å². The van der Waals surface area contributed by atoms with Crippen molar-refractivity contribution in [3.8, 4) is 0 Å². The summed E-state index contributed by atoms with van der Waals surface area (Å²) in [4.78, 5) is 9.51. The summed E-state index contributed by atoms with van der Waals surface area (Å²) >= 11 is 6.51. The predicted octanol–water partition coefficient (Wildman–Crippen LogP) is 6.33. The van der Waals surface area contributed by atoms with Gasteiger partial charge in [-0.1, -0.05) is 56.1 Å². The van der Waals surface area contributed by atoms with E-state index in [4.69, 9.17) is 22.0 Å². The molecule has 0 radical (unpaired) electrons. The number of aromatic nitrogens is 2. The minimum absolute atomic E-state index is 0.569. The van der Waals surface area contributed by atoms with Crippen molar-refractivity contribution in [2.75, 3.05) is 12.4 Å². The first-order valence-corrected chi connectivity index (χ1v) is 12.0. The molecule has 2 aromatic rings. The Kier molecular flexibility index (Phi) is 6.95. The number of fused-ring (bicyclic) bond motifs is 1. The molecule has 3 N–H and O–H groups in total. The Labute approximate surface area is 195 Å². The number of nitrogens with one attached hydrogen (secondary N) is 3. The van der Waals surface area contributed by atoms with Gasteiger partial charge in [-0.05, 0) is 55.6 Å². The van der Waals surface area contributed by atoms with Crippen LogP contribution in [0.15, 0.2) is 42.2 Å². The number of halogens is 1. The Morgan fingerprint density at radius 2 is 2.03 bits per heavy atom. The lowest BCUT2D eigenvalue weighted by Crippen LogP contribution is -2.20. The van der Waals surface area contributed by atoms with Crippen LogP contribution in [0.25, 0.3) is 11.3 Å². The van der Waals surface area contributed by atoms with Crippen molar-refractivity contribution < 1.29 is 0 Å². The fraction of sp³-hybridized carbons (Fsp3) is 0.423. The van der Waals surface area contributed by atoms with Crippen molar-refractivity contribution in [1.82, 2.24) is 15.3 Å². The first kappa shape index (κ1) is 22.5. The Morgan fingerprint density at radius 1 is 1.22 bits per heavy atom. The molecule has 0 bridgehead atoms. The van der Waals surface area contributed by atoms with E-state index in [1.54, 1.807) is 0 Å². The SMILES string of the molecule is CCC1CC=C(Nc2ncc3c(n2)/C(=C(/NC)c2ccccc2Cl)C(=N)CC3)CCC1C. The molecular formula is C26H32ClN5. The van der Waals surface area contributed by atoms with E-state index in [9.17, 15) is 0 Å². The molecule has 0 amide bonds. The average molecular weight is 450 g/mol.